The van der Waals surface area contributed by atoms with Crippen molar-refractivity contribution in [3.05, 3.63) is 29.0 Å². The third-order valence-electron chi connectivity index (χ3n) is 2.03. The fraction of sp³-hybridized carbons (Fsp3) is 0.300. The number of carboxylic acids is 1. The van der Waals surface area contributed by atoms with Crippen LogP contribution < -0.4 is 5.32 Å². The van der Waals surface area contributed by atoms with Crippen molar-refractivity contribution in [1.82, 2.24) is 10.3 Å². The molecule has 0 radical (unpaired) electrons. The van der Waals surface area contributed by atoms with E-state index >= 15 is 0 Å². The SMILES string of the molecule is CC[C@H](NC(=O)c1ccncc1Cl)C(=O)O. The molecule has 0 aliphatic rings. The summed E-state index contributed by atoms with van der Waals surface area (Å²) < 4.78 is 0. The summed E-state index contributed by atoms with van der Waals surface area (Å²) in [6, 6.07) is 0.531. The second kappa shape index (κ2) is 5.46. The smallest absolute Gasteiger partial charge is 0.326 e. The first-order valence-corrected chi connectivity index (χ1v) is 5.07. The summed E-state index contributed by atoms with van der Waals surface area (Å²) >= 11 is 5.75. The van der Waals surface area contributed by atoms with Gasteiger partial charge in [-0.15, -0.1) is 0 Å². The Hall–Kier alpha value is -1.62. The molecular weight excluding hydrogens is 232 g/mol. The normalized spacial score (nSPS) is 11.9. The molecule has 16 heavy (non-hydrogen) atoms. The maximum absolute atomic E-state index is 11.7. The highest BCUT2D eigenvalue weighted by molar-refractivity contribution is 6.33. The van der Waals surface area contributed by atoms with E-state index in [1.807, 2.05) is 0 Å². The average Bonchev–Trinajstić information content (AvgIpc) is 2.25. The Morgan fingerprint density at radius 2 is 2.31 bits per heavy atom. The van der Waals surface area contributed by atoms with Gasteiger partial charge in [-0.2, -0.15) is 0 Å². The molecule has 1 amide bonds. The molecule has 0 spiro atoms. The van der Waals surface area contributed by atoms with E-state index in [9.17, 15) is 9.59 Å². The molecule has 0 saturated carbocycles. The summed E-state index contributed by atoms with van der Waals surface area (Å²) in [5.74, 6) is -1.58. The van der Waals surface area contributed by atoms with Gasteiger partial charge in [0.15, 0.2) is 0 Å². The standard InChI is InChI=1S/C10H11ClN2O3/c1-2-8(10(15)16)13-9(14)6-3-4-12-5-7(6)11/h3-5,8H,2H2,1H3,(H,13,14)(H,15,16)/t8-/m0/s1. The summed E-state index contributed by atoms with van der Waals surface area (Å²) in [5, 5.41) is 11.3. The predicted octanol–water partition coefficient (Wildman–Crippen LogP) is 1.33. The molecular formula is C10H11ClN2O3. The van der Waals surface area contributed by atoms with Crippen LogP contribution in [0.2, 0.25) is 5.02 Å². The Morgan fingerprint density at radius 3 is 2.81 bits per heavy atom. The zero-order valence-electron chi connectivity index (χ0n) is 8.61. The number of carbonyl (C=O) groups is 2. The number of amides is 1. The fourth-order valence-electron chi connectivity index (χ4n) is 1.13. The molecule has 2 N–H and O–H groups in total. The van der Waals surface area contributed by atoms with Crippen LogP contribution in [0.1, 0.15) is 23.7 Å². The van der Waals surface area contributed by atoms with Crippen molar-refractivity contribution in [2.45, 2.75) is 19.4 Å². The zero-order chi connectivity index (χ0) is 12.1. The Labute approximate surface area is 97.4 Å². The van der Waals surface area contributed by atoms with Crippen LogP contribution in [-0.2, 0) is 4.79 Å². The van der Waals surface area contributed by atoms with Crippen molar-refractivity contribution < 1.29 is 14.7 Å². The van der Waals surface area contributed by atoms with Crippen LogP contribution in [0, 0.1) is 0 Å². The van der Waals surface area contributed by atoms with E-state index < -0.39 is 17.9 Å². The summed E-state index contributed by atoms with van der Waals surface area (Å²) in [6.07, 6.45) is 3.06. The monoisotopic (exact) mass is 242 g/mol. The molecule has 6 heteroatoms. The number of pyridine rings is 1. The third kappa shape index (κ3) is 2.93. The largest absolute Gasteiger partial charge is 0.480 e. The molecule has 1 aromatic rings. The van der Waals surface area contributed by atoms with Gasteiger partial charge < -0.3 is 10.4 Å². The van der Waals surface area contributed by atoms with Crippen molar-refractivity contribution >= 4 is 23.5 Å². The van der Waals surface area contributed by atoms with Gasteiger partial charge in [0.05, 0.1) is 10.6 Å². The average molecular weight is 243 g/mol. The van der Waals surface area contributed by atoms with Crippen LogP contribution in [0.5, 0.6) is 0 Å². The number of rotatable bonds is 4. The van der Waals surface area contributed by atoms with Crippen LogP contribution in [0.4, 0.5) is 0 Å². The molecule has 1 atom stereocenters. The number of nitrogens with zero attached hydrogens (tertiary/aromatic N) is 1. The van der Waals surface area contributed by atoms with Gasteiger partial charge in [0.1, 0.15) is 6.04 Å². The van der Waals surface area contributed by atoms with Gasteiger partial charge in [0.25, 0.3) is 5.91 Å². The number of hydrogen-bond donors (Lipinski definition) is 2. The second-order valence-electron chi connectivity index (χ2n) is 3.13. The molecule has 1 rings (SSSR count). The van der Waals surface area contributed by atoms with Crippen molar-refractivity contribution in [3.8, 4) is 0 Å². The van der Waals surface area contributed by atoms with E-state index in [0.717, 1.165) is 0 Å². The van der Waals surface area contributed by atoms with E-state index in [4.69, 9.17) is 16.7 Å². The number of halogens is 1. The predicted molar refractivity (Wildman–Crippen MR) is 58.4 cm³/mol. The maximum atomic E-state index is 11.7. The Balaban J connectivity index is 2.80. The molecule has 0 fully saturated rings. The minimum atomic E-state index is -1.07. The molecule has 0 aliphatic carbocycles. The highest BCUT2D eigenvalue weighted by atomic mass is 35.5. The highest BCUT2D eigenvalue weighted by Crippen LogP contribution is 2.13. The number of aromatic nitrogens is 1. The minimum absolute atomic E-state index is 0.195. The van der Waals surface area contributed by atoms with Gasteiger partial charge in [-0.1, -0.05) is 18.5 Å². The highest BCUT2D eigenvalue weighted by Gasteiger charge is 2.19. The Bertz CT molecular complexity index is 409. The number of hydrogen-bond acceptors (Lipinski definition) is 3. The van der Waals surface area contributed by atoms with Gasteiger partial charge in [0, 0.05) is 12.4 Å². The molecule has 5 nitrogen and oxygen atoms in total. The zero-order valence-corrected chi connectivity index (χ0v) is 9.36. The first-order valence-electron chi connectivity index (χ1n) is 4.69. The summed E-state index contributed by atoms with van der Waals surface area (Å²) in [6.45, 7) is 1.67. The molecule has 0 unspecified atom stereocenters. The third-order valence-corrected chi connectivity index (χ3v) is 2.33. The second-order valence-corrected chi connectivity index (χ2v) is 3.54. The first-order chi connectivity index (χ1) is 7.56. The fourth-order valence-corrected chi connectivity index (χ4v) is 1.34. The molecule has 0 aromatic carbocycles. The quantitative estimate of drug-likeness (QED) is 0.835. The lowest BCUT2D eigenvalue weighted by atomic mass is 10.2. The van der Waals surface area contributed by atoms with Crippen LogP contribution in [-0.4, -0.2) is 28.0 Å². The molecule has 0 bridgehead atoms. The summed E-state index contributed by atoms with van der Waals surface area (Å²) in [7, 11) is 0. The molecule has 0 saturated heterocycles. The molecule has 0 aliphatic heterocycles. The molecule has 86 valence electrons. The number of aliphatic carboxylic acids is 1. The number of carboxylic acid groups (broad SMARTS) is 1. The summed E-state index contributed by atoms with van der Waals surface area (Å²) in [5.41, 5.74) is 0.219. The lowest BCUT2D eigenvalue weighted by Crippen LogP contribution is -2.40. The van der Waals surface area contributed by atoms with E-state index in [2.05, 4.69) is 10.3 Å². The molecule has 1 heterocycles. The first kappa shape index (κ1) is 12.4. The Morgan fingerprint density at radius 1 is 1.62 bits per heavy atom. The van der Waals surface area contributed by atoms with Crippen molar-refractivity contribution in [2.75, 3.05) is 0 Å². The minimum Gasteiger partial charge on any atom is -0.480 e. The van der Waals surface area contributed by atoms with Gasteiger partial charge in [-0.25, -0.2) is 4.79 Å². The van der Waals surface area contributed by atoms with E-state index in [1.54, 1.807) is 6.92 Å². The van der Waals surface area contributed by atoms with Crippen LogP contribution in [0.15, 0.2) is 18.5 Å². The van der Waals surface area contributed by atoms with Crippen molar-refractivity contribution in [1.29, 1.82) is 0 Å². The lowest BCUT2D eigenvalue weighted by Gasteiger charge is -2.12. The number of nitrogens with one attached hydrogen (secondary N) is 1. The van der Waals surface area contributed by atoms with E-state index in [-0.39, 0.29) is 10.6 Å². The van der Waals surface area contributed by atoms with Crippen LogP contribution in [0.3, 0.4) is 0 Å². The van der Waals surface area contributed by atoms with Crippen molar-refractivity contribution in [2.24, 2.45) is 0 Å². The van der Waals surface area contributed by atoms with Crippen LogP contribution in [0.25, 0.3) is 0 Å². The van der Waals surface area contributed by atoms with Gasteiger partial charge in [-0.3, -0.25) is 9.78 Å². The van der Waals surface area contributed by atoms with Gasteiger partial charge in [0.2, 0.25) is 0 Å². The van der Waals surface area contributed by atoms with E-state index in [1.165, 1.54) is 18.5 Å². The van der Waals surface area contributed by atoms with Gasteiger partial charge >= 0.3 is 5.97 Å². The van der Waals surface area contributed by atoms with Crippen molar-refractivity contribution in [3.63, 3.8) is 0 Å². The van der Waals surface area contributed by atoms with Gasteiger partial charge in [-0.05, 0) is 12.5 Å². The summed E-state index contributed by atoms with van der Waals surface area (Å²) in [4.78, 5) is 26.1. The molecule has 1 aromatic heterocycles. The topological polar surface area (TPSA) is 79.3 Å². The lowest BCUT2D eigenvalue weighted by molar-refractivity contribution is -0.139. The Kier molecular flexibility index (Phi) is 4.25. The number of carbonyl (C=O) groups excluding carboxylic acids is 1. The van der Waals surface area contributed by atoms with E-state index in [0.29, 0.717) is 6.42 Å². The maximum Gasteiger partial charge on any atom is 0.326 e. The van der Waals surface area contributed by atoms with Crippen LogP contribution >= 0.6 is 11.6 Å².